The van der Waals surface area contributed by atoms with E-state index in [4.69, 9.17) is 5.26 Å². The fraction of sp³-hybridized carbons (Fsp3) is 0.278. The van der Waals surface area contributed by atoms with Crippen molar-refractivity contribution in [2.45, 2.75) is 18.9 Å². The lowest BCUT2D eigenvalue weighted by atomic mass is 10.0. The fourth-order valence-corrected chi connectivity index (χ4v) is 3.20. The normalized spacial score (nSPS) is 15.4. The monoisotopic (exact) mass is 318 g/mol. The quantitative estimate of drug-likeness (QED) is 0.776. The summed E-state index contributed by atoms with van der Waals surface area (Å²) in [6.45, 7) is 1.91. The average Bonchev–Trinajstić information content (AvgIpc) is 3.12. The molecule has 1 fully saturated rings. The van der Waals surface area contributed by atoms with Gasteiger partial charge in [0.05, 0.1) is 5.56 Å². The van der Waals surface area contributed by atoms with Gasteiger partial charge in [0.2, 0.25) is 0 Å². The molecule has 0 amide bonds. The third-order valence-corrected chi connectivity index (χ3v) is 4.52. The zero-order chi connectivity index (χ0) is 16.4. The molecule has 2 N–H and O–H groups in total. The summed E-state index contributed by atoms with van der Waals surface area (Å²) in [5, 5.41) is 13.6. The Hall–Kier alpha value is -3.07. The number of anilines is 2. The predicted molar refractivity (Wildman–Crippen MR) is 93.9 cm³/mol. The van der Waals surface area contributed by atoms with Crippen molar-refractivity contribution in [2.75, 3.05) is 23.3 Å². The Bertz CT molecular complexity index is 868. The molecule has 1 saturated heterocycles. The van der Waals surface area contributed by atoms with Crippen molar-refractivity contribution in [3.63, 3.8) is 0 Å². The molecule has 0 spiro atoms. The molecule has 0 unspecified atom stereocenters. The predicted octanol–water partition coefficient (Wildman–Crippen LogP) is 2.91. The minimum absolute atomic E-state index is 0.445. The van der Waals surface area contributed by atoms with E-state index in [1.54, 1.807) is 6.20 Å². The maximum Gasteiger partial charge on any atom is 0.139 e. The first kappa shape index (κ1) is 14.5. The second-order valence-electron chi connectivity index (χ2n) is 6.02. The third-order valence-electron chi connectivity index (χ3n) is 4.52. The van der Waals surface area contributed by atoms with Crippen LogP contribution in [0.2, 0.25) is 0 Å². The Balaban J connectivity index is 1.41. The molecular formula is C18H18N6. The number of H-pyrrole nitrogens is 1. The maximum atomic E-state index is 8.85. The molecule has 0 aromatic carbocycles. The van der Waals surface area contributed by atoms with Gasteiger partial charge in [-0.2, -0.15) is 5.26 Å². The molecule has 0 saturated carbocycles. The molecular weight excluding hydrogens is 300 g/mol. The maximum absolute atomic E-state index is 8.85. The van der Waals surface area contributed by atoms with Crippen LogP contribution >= 0.6 is 0 Å². The van der Waals surface area contributed by atoms with E-state index < -0.39 is 0 Å². The van der Waals surface area contributed by atoms with E-state index in [9.17, 15) is 0 Å². The second-order valence-corrected chi connectivity index (χ2v) is 6.02. The Labute approximate surface area is 140 Å². The zero-order valence-electron chi connectivity index (χ0n) is 13.2. The highest BCUT2D eigenvalue weighted by Gasteiger charge is 2.20. The van der Waals surface area contributed by atoms with Gasteiger partial charge in [0.15, 0.2) is 0 Å². The lowest BCUT2D eigenvalue weighted by Crippen LogP contribution is -2.39. The number of hydrogen-bond acceptors (Lipinski definition) is 5. The summed E-state index contributed by atoms with van der Waals surface area (Å²) in [4.78, 5) is 14.1. The number of pyridine rings is 2. The van der Waals surface area contributed by atoms with E-state index in [-0.39, 0.29) is 0 Å². The molecule has 1 aliphatic rings. The summed E-state index contributed by atoms with van der Waals surface area (Å²) >= 11 is 0. The summed E-state index contributed by atoms with van der Waals surface area (Å²) in [5.41, 5.74) is 2.65. The van der Waals surface area contributed by atoms with Gasteiger partial charge < -0.3 is 15.2 Å². The highest BCUT2D eigenvalue weighted by atomic mass is 15.2. The molecule has 1 aliphatic heterocycles. The van der Waals surface area contributed by atoms with Crippen LogP contribution in [0, 0.1) is 11.3 Å². The number of nitrogens with one attached hydrogen (secondary N) is 2. The van der Waals surface area contributed by atoms with E-state index in [0.717, 1.165) is 48.5 Å². The van der Waals surface area contributed by atoms with Crippen LogP contribution in [0.1, 0.15) is 18.4 Å². The molecule has 6 nitrogen and oxygen atoms in total. The number of nitrogens with zero attached hydrogens (tertiary/aromatic N) is 4. The van der Waals surface area contributed by atoms with Crippen LogP contribution in [-0.4, -0.2) is 34.1 Å². The number of fused-ring (bicyclic) bond motifs is 1. The van der Waals surface area contributed by atoms with Crippen LogP contribution in [0.5, 0.6) is 0 Å². The van der Waals surface area contributed by atoms with Gasteiger partial charge in [-0.25, -0.2) is 9.97 Å². The van der Waals surface area contributed by atoms with Crippen LogP contribution in [-0.2, 0) is 0 Å². The third kappa shape index (κ3) is 2.76. The summed E-state index contributed by atoms with van der Waals surface area (Å²) in [6, 6.07) is 10.4. The molecule has 120 valence electrons. The SMILES string of the molecule is N#Cc1ccc(N2CCC(Nc3ccnc4[nH]ccc34)CC2)nc1. The van der Waals surface area contributed by atoms with Gasteiger partial charge in [-0.05, 0) is 37.1 Å². The minimum Gasteiger partial charge on any atom is -0.382 e. The molecule has 0 radical (unpaired) electrons. The molecule has 6 heteroatoms. The fourth-order valence-electron chi connectivity index (χ4n) is 3.20. The van der Waals surface area contributed by atoms with Gasteiger partial charge in [0, 0.05) is 48.8 Å². The van der Waals surface area contributed by atoms with Crippen LogP contribution in [0.3, 0.4) is 0 Å². The average molecular weight is 318 g/mol. The van der Waals surface area contributed by atoms with E-state index in [2.05, 4.69) is 37.3 Å². The topological polar surface area (TPSA) is 80.6 Å². The number of piperidine rings is 1. The molecule has 4 heterocycles. The smallest absolute Gasteiger partial charge is 0.139 e. The summed E-state index contributed by atoms with van der Waals surface area (Å²) < 4.78 is 0. The molecule has 3 aromatic heterocycles. The lowest BCUT2D eigenvalue weighted by molar-refractivity contribution is 0.524. The number of aromatic amines is 1. The number of aromatic nitrogens is 3. The van der Waals surface area contributed by atoms with Gasteiger partial charge in [-0.3, -0.25) is 0 Å². The van der Waals surface area contributed by atoms with Crippen molar-refractivity contribution in [1.29, 1.82) is 5.26 Å². The second kappa shape index (κ2) is 6.20. The molecule has 0 bridgehead atoms. The van der Waals surface area contributed by atoms with Crippen molar-refractivity contribution in [1.82, 2.24) is 15.0 Å². The van der Waals surface area contributed by atoms with E-state index >= 15 is 0 Å². The van der Waals surface area contributed by atoms with Crippen molar-refractivity contribution in [3.05, 3.63) is 48.4 Å². The van der Waals surface area contributed by atoms with Crippen LogP contribution in [0.15, 0.2) is 42.9 Å². The van der Waals surface area contributed by atoms with Gasteiger partial charge >= 0.3 is 0 Å². The standard InChI is InChI=1S/C18H18N6/c19-11-13-1-2-17(22-12-13)24-9-5-14(6-10-24)23-16-4-8-21-18-15(16)3-7-20-18/h1-4,7-8,12,14H,5-6,9-10H2,(H2,20,21,23). The van der Waals surface area contributed by atoms with Crippen molar-refractivity contribution < 1.29 is 0 Å². The minimum atomic E-state index is 0.445. The number of nitriles is 1. The van der Waals surface area contributed by atoms with Crippen LogP contribution in [0.4, 0.5) is 11.5 Å². The van der Waals surface area contributed by atoms with E-state index in [1.165, 1.54) is 0 Å². The molecule has 0 atom stereocenters. The van der Waals surface area contributed by atoms with Crippen molar-refractivity contribution in [2.24, 2.45) is 0 Å². The first-order valence-corrected chi connectivity index (χ1v) is 8.13. The van der Waals surface area contributed by atoms with Gasteiger partial charge in [-0.15, -0.1) is 0 Å². The Morgan fingerprint density at radius 1 is 1.17 bits per heavy atom. The van der Waals surface area contributed by atoms with Gasteiger partial charge in [0.1, 0.15) is 17.5 Å². The first-order chi connectivity index (χ1) is 11.8. The molecule has 3 aromatic rings. The van der Waals surface area contributed by atoms with Crippen molar-refractivity contribution in [3.8, 4) is 6.07 Å². The lowest BCUT2D eigenvalue weighted by Gasteiger charge is -2.33. The van der Waals surface area contributed by atoms with E-state index in [0.29, 0.717) is 11.6 Å². The van der Waals surface area contributed by atoms with Crippen LogP contribution < -0.4 is 10.2 Å². The van der Waals surface area contributed by atoms with Crippen molar-refractivity contribution >= 4 is 22.5 Å². The highest BCUT2D eigenvalue weighted by Crippen LogP contribution is 2.25. The Morgan fingerprint density at radius 2 is 2.04 bits per heavy atom. The molecule has 0 aliphatic carbocycles. The zero-order valence-corrected chi connectivity index (χ0v) is 13.2. The molecule has 4 rings (SSSR count). The first-order valence-electron chi connectivity index (χ1n) is 8.13. The van der Waals surface area contributed by atoms with E-state index in [1.807, 2.05) is 30.6 Å². The molecule has 24 heavy (non-hydrogen) atoms. The summed E-state index contributed by atoms with van der Waals surface area (Å²) in [5.74, 6) is 0.949. The summed E-state index contributed by atoms with van der Waals surface area (Å²) in [7, 11) is 0. The highest BCUT2D eigenvalue weighted by molar-refractivity contribution is 5.89. The summed E-state index contributed by atoms with van der Waals surface area (Å²) in [6.07, 6.45) is 7.49. The largest absolute Gasteiger partial charge is 0.382 e. The van der Waals surface area contributed by atoms with Gasteiger partial charge in [-0.1, -0.05) is 0 Å². The Morgan fingerprint density at radius 3 is 2.79 bits per heavy atom. The Kier molecular flexibility index (Phi) is 3.75. The van der Waals surface area contributed by atoms with Crippen LogP contribution in [0.25, 0.3) is 11.0 Å². The number of rotatable bonds is 3. The number of hydrogen-bond donors (Lipinski definition) is 2. The van der Waals surface area contributed by atoms with Gasteiger partial charge in [0.25, 0.3) is 0 Å².